The molecular formula is C18H21N3O3S. The molecule has 7 heteroatoms. The average Bonchev–Trinajstić information content (AvgIpc) is 2.67. The van der Waals surface area contributed by atoms with Crippen molar-refractivity contribution in [2.24, 2.45) is 0 Å². The fourth-order valence-electron chi connectivity index (χ4n) is 2.90. The molecule has 0 aliphatic carbocycles. The Morgan fingerprint density at radius 2 is 1.84 bits per heavy atom. The van der Waals surface area contributed by atoms with Gasteiger partial charge in [-0.15, -0.1) is 0 Å². The molecule has 3 rings (SSSR count). The van der Waals surface area contributed by atoms with Crippen LogP contribution in [0.15, 0.2) is 53.7 Å². The van der Waals surface area contributed by atoms with Gasteiger partial charge in [-0.2, -0.15) is 4.31 Å². The van der Waals surface area contributed by atoms with Crippen LogP contribution in [0.2, 0.25) is 0 Å². The van der Waals surface area contributed by atoms with Crippen molar-refractivity contribution < 1.29 is 13.2 Å². The number of amides is 1. The lowest BCUT2D eigenvalue weighted by molar-refractivity contribution is 0.0947. The largest absolute Gasteiger partial charge is 0.348 e. The number of benzene rings is 1. The van der Waals surface area contributed by atoms with E-state index in [0.717, 1.165) is 24.8 Å². The molecule has 1 aliphatic rings. The zero-order chi connectivity index (χ0) is 17.7. The predicted molar refractivity (Wildman–Crippen MR) is 94.5 cm³/mol. The summed E-state index contributed by atoms with van der Waals surface area (Å²) in [6.07, 6.45) is 6.07. The number of rotatable bonds is 5. The highest BCUT2D eigenvalue weighted by molar-refractivity contribution is 7.89. The highest BCUT2D eigenvalue weighted by Crippen LogP contribution is 2.23. The second-order valence-corrected chi connectivity index (χ2v) is 7.91. The maximum atomic E-state index is 12.9. The number of aromatic nitrogens is 1. The smallest absolute Gasteiger partial charge is 0.252 e. The van der Waals surface area contributed by atoms with E-state index in [4.69, 9.17) is 0 Å². The summed E-state index contributed by atoms with van der Waals surface area (Å²) in [4.78, 5) is 16.6. The lowest BCUT2D eigenvalue weighted by Crippen LogP contribution is -2.37. The minimum atomic E-state index is -3.66. The Morgan fingerprint density at radius 1 is 1.08 bits per heavy atom. The summed E-state index contributed by atoms with van der Waals surface area (Å²) in [5.41, 5.74) is 1.03. The molecule has 0 unspecified atom stereocenters. The van der Waals surface area contributed by atoms with Gasteiger partial charge in [0.2, 0.25) is 10.0 Å². The van der Waals surface area contributed by atoms with Gasteiger partial charge in [0.1, 0.15) is 0 Å². The van der Waals surface area contributed by atoms with Gasteiger partial charge >= 0.3 is 0 Å². The summed E-state index contributed by atoms with van der Waals surface area (Å²) in [5, 5.41) is 2.77. The molecule has 132 valence electrons. The van der Waals surface area contributed by atoms with Crippen molar-refractivity contribution in [1.29, 1.82) is 0 Å². The van der Waals surface area contributed by atoms with Crippen LogP contribution >= 0.6 is 0 Å². The van der Waals surface area contributed by atoms with Crippen molar-refractivity contribution >= 4 is 15.9 Å². The Balaban J connectivity index is 1.81. The molecule has 25 heavy (non-hydrogen) atoms. The first-order chi connectivity index (χ1) is 12.1. The van der Waals surface area contributed by atoms with E-state index in [1.807, 2.05) is 6.07 Å². The molecule has 1 N–H and O–H groups in total. The topological polar surface area (TPSA) is 79.4 Å². The summed E-state index contributed by atoms with van der Waals surface area (Å²) in [6, 6.07) is 10.0. The first-order valence-electron chi connectivity index (χ1n) is 8.35. The SMILES string of the molecule is O=C(NCc1cccnc1)c1ccccc1S(=O)(=O)N1CCCCC1. The van der Waals surface area contributed by atoms with E-state index < -0.39 is 15.9 Å². The van der Waals surface area contributed by atoms with Crippen LogP contribution in [0.25, 0.3) is 0 Å². The molecular weight excluding hydrogens is 338 g/mol. The number of hydrogen-bond acceptors (Lipinski definition) is 4. The number of carbonyl (C=O) groups is 1. The quantitative estimate of drug-likeness (QED) is 0.887. The fraction of sp³-hybridized carbons (Fsp3) is 0.333. The highest BCUT2D eigenvalue weighted by atomic mass is 32.2. The van der Waals surface area contributed by atoms with Crippen LogP contribution in [-0.2, 0) is 16.6 Å². The van der Waals surface area contributed by atoms with Gasteiger partial charge in [-0.1, -0.05) is 24.6 Å². The number of piperidine rings is 1. The van der Waals surface area contributed by atoms with Crippen molar-refractivity contribution in [1.82, 2.24) is 14.6 Å². The Hall–Kier alpha value is -2.25. The molecule has 2 aromatic rings. The number of hydrogen-bond donors (Lipinski definition) is 1. The molecule has 1 aliphatic heterocycles. The van der Waals surface area contributed by atoms with Gasteiger partial charge in [0, 0.05) is 32.0 Å². The molecule has 0 radical (unpaired) electrons. The van der Waals surface area contributed by atoms with Gasteiger partial charge < -0.3 is 5.32 Å². The zero-order valence-electron chi connectivity index (χ0n) is 13.9. The summed E-state index contributed by atoms with van der Waals surface area (Å²) in [6.45, 7) is 1.31. The maximum Gasteiger partial charge on any atom is 0.252 e. The minimum Gasteiger partial charge on any atom is -0.348 e. The van der Waals surface area contributed by atoms with Crippen molar-refractivity contribution in [3.05, 3.63) is 59.9 Å². The lowest BCUT2D eigenvalue weighted by Gasteiger charge is -2.26. The summed E-state index contributed by atoms with van der Waals surface area (Å²) in [7, 11) is -3.66. The van der Waals surface area contributed by atoms with E-state index in [2.05, 4.69) is 10.3 Å². The molecule has 1 aromatic heterocycles. The van der Waals surface area contributed by atoms with E-state index in [0.29, 0.717) is 19.6 Å². The maximum absolute atomic E-state index is 12.9. The van der Waals surface area contributed by atoms with Crippen molar-refractivity contribution in [2.45, 2.75) is 30.7 Å². The van der Waals surface area contributed by atoms with Gasteiger partial charge in [0.15, 0.2) is 0 Å². The molecule has 1 aromatic carbocycles. The Bertz CT molecular complexity index is 832. The van der Waals surface area contributed by atoms with Gasteiger partial charge in [0.05, 0.1) is 10.5 Å². The summed E-state index contributed by atoms with van der Waals surface area (Å²) in [5.74, 6) is -0.403. The number of pyridine rings is 1. The van der Waals surface area contributed by atoms with E-state index in [9.17, 15) is 13.2 Å². The predicted octanol–water partition coefficient (Wildman–Crippen LogP) is 2.19. The molecule has 0 saturated carbocycles. The van der Waals surface area contributed by atoms with Crippen LogP contribution < -0.4 is 5.32 Å². The normalized spacial score (nSPS) is 15.7. The highest BCUT2D eigenvalue weighted by Gasteiger charge is 2.29. The van der Waals surface area contributed by atoms with Crippen molar-refractivity contribution in [3.63, 3.8) is 0 Å². The van der Waals surface area contributed by atoms with Crippen LogP contribution in [0.3, 0.4) is 0 Å². The standard InChI is InChI=1S/C18H21N3O3S/c22-18(20-14-15-7-6-10-19-13-15)16-8-2-3-9-17(16)25(23,24)21-11-4-1-5-12-21/h2-3,6-10,13H,1,4-5,11-12,14H2,(H,20,22). The van der Waals surface area contributed by atoms with E-state index in [1.54, 1.807) is 36.7 Å². The molecule has 1 fully saturated rings. The average molecular weight is 359 g/mol. The first-order valence-corrected chi connectivity index (χ1v) is 9.79. The third-order valence-corrected chi connectivity index (χ3v) is 6.20. The van der Waals surface area contributed by atoms with Gasteiger partial charge in [-0.3, -0.25) is 9.78 Å². The monoisotopic (exact) mass is 359 g/mol. The molecule has 1 amide bonds. The number of nitrogens with zero attached hydrogens (tertiary/aromatic N) is 2. The van der Waals surface area contributed by atoms with Gasteiger partial charge in [0.25, 0.3) is 5.91 Å². The van der Waals surface area contributed by atoms with E-state index in [-0.39, 0.29) is 10.5 Å². The minimum absolute atomic E-state index is 0.0700. The molecule has 2 heterocycles. The third-order valence-electron chi connectivity index (χ3n) is 4.24. The molecule has 6 nitrogen and oxygen atoms in total. The first kappa shape index (κ1) is 17.6. The summed E-state index contributed by atoms with van der Waals surface area (Å²) >= 11 is 0. The Kier molecular flexibility index (Phi) is 5.45. The second kappa shape index (κ2) is 7.76. The molecule has 1 saturated heterocycles. The van der Waals surface area contributed by atoms with E-state index >= 15 is 0 Å². The lowest BCUT2D eigenvalue weighted by atomic mass is 10.2. The Morgan fingerprint density at radius 3 is 2.56 bits per heavy atom. The van der Waals surface area contributed by atoms with Crippen molar-refractivity contribution in [3.8, 4) is 0 Å². The number of carbonyl (C=O) groups excluding carboxylic acids is 1. The third kappa shape index (κ3) is 4.05. The molecule has 0 atom stereocenters. The van der Waals surface area contributed by atoms with Crippen LogP contribution in [0, 0.1) is 0 Å². The van der Waals surface area contributed by atoms with Crippen LogP contribution in [0.4, 0.5) is 0 Å². The van der Waals surface area contributed by atoms with Crippen molar-refractivity contribution in [2.75, 3.05) is 13.1 Å². The number of nitrogens with one attached hydrogen (secondary N) is 1. The van der Waals surface area contributed by atoms with Crippen LogP contribution in [0.1, 0.15) is 35.2 Å². The zero-order valence-corrected chi connectivity index (χ0v) is 14.7. The van der Waals surface area contributed by atoms with E-state index in [1.165, 1.54) is 10.4 Å². The molecule has 0 spiro atoms. The van der Waals surface area contributed by atoms with Crippen LogP contribution in [0.5, 0.6) is 0 Å². The number of sulfonamides is 1. The second-order valence-electron chi connectivity index (χ2n) is 6.00. The summed E-state index contributed by atoms with van der Waals surface area (Å²) < 4.78 is 27.3. The fourth-order valence-corrected chi connectivity index (χ4v) is 4.61. The van der Waals surface area contributed by atoms with Gasteiger partial charge in [-0.05, 0) is 36.6 Å². The van der Waals surface area contributed by atoms with Crippen LogP contribution in [-0.4, -0.2) is 36.7 Å². The Labute approximate surface area is 147 Å². The van der Waals surface area contributed by atoms with Gasteiger partial charge in [-0.25, -0.2) is 8.42 Å². The molecule has 0 bridgehead atoms.